The quantitative estimate of drug-likeness (QED) is 0.513. The molecule has 0 heteroatoms. The van der Waals surface area contributed by atoms with Crippen molar-refractivity contribution in [1.29, 1.82) is 0 Å². The van der Waals surface area contributed by atoms with E-state index in [0.717, 1.165) is 25.7 Å². The van der Waals surface area contributed by atoms with Crippen molar-refractivity contribution in [3.8, 4) is 0 Å². The molecule has 0 saturated carbocycles. The lowest BCUT2D eigenvalue weighted by molar-refractivity contribution is 0.902. The highest BCUT2D eigenvalue weighted by Crippen LogP contribution is 2.21. The smallest absolute Gasteiger partial charge is 0.0242 e. The van der Waals surface area contributed by atoms with E-state index in [1.807, 2.05) is 19.9 Å². The van der Waals surface area contributed by atoms with Crippen molar-refractivity contribution in [3.05, 3.63) is 48.1 Å². The second-order valence-electron chi connectivity index (χ2n) is 3.30. The van der Waals surface area contributed by atoms with Gasteiger partial charge in [0, 0.05) is 0 Å². The molecule has 0 unspecified atom stereocenters. The van der Waals surface area contributed by atoms with E-state index in [0.29, 0.717) is 0 Å². The minimum atomic E-state index is 0. The third-order valence-corrected chi connectivity index (χ3v) is 2.35. The molecule has 0 aliphatic heterocycles. The zero-order valence-corrected chi connectivity index (χ0v) is 10.4. The van der Waals surface area contributed by atoms with Crippen LogP contribution in [0.5, 0.6) is 0 Å². The van der Waals surface area contributed by atoms with E-state index in [9.17, 15) is 0 Å². The van der Waals surface area contributed by atoms with Crippen LogP contribution in [0.1, 0.15) is 53.9 Å². The van der Waals surface area contributed by atoms with Gasteiger partial charge in [0.2, 0.25) is 0 Å². The van der Waals surface area contributed by atoms with E-state index >= 15 is 0 Å². The Bertz CT molecular complexity index is 251. The van der Waals surface area contributed by atoms with Gasteiger partial charge in [0.15, 0.2) is 0 Å². The third kappa shape index (κ3) is 6.44. The van der Waals surface area contributed by atoms with Crippen molar-refractivity contribution < 1.29 is 0 Å². The van der Waals surface area contributed by atoms with Crippen LogP contribution in [0.15, 0.2) is 48.1 Å². The van der Waals surface area contributed by atoms with E-state index < -0.39 is 0 Å². The standard InChI is InChI=1S/C13H18.C2H6.CH4/c1-3-9-13-11-8-6-5-7-10-12(13)4-2;1-2;/h3-6,9H,2,7-8,10-11H2,1H3;1-2H3;1H4/b6-5-,9-3-,13-12-;;. The van der Waals surface area contributed by atoms with E-state index in [2.05, 4.69) is 37.8 Å². The fourth-order valence-electron chi connectivity index (χ4n) is 1.66. The van der Waals surface area contributed by atoms with Gasteiger partial charge >= 0.3 is 0 Å². The molecule has 0 aromatic carbocycles. The highest BCUT2D eigenvalue weighted by Gasteiger charge is 2.01. The first-order valence-electron chi connectivity index (χ1n) is 6.00. The summed E-state index contributed by atoms with van der Waals surface area (Å²) in [5.74, 6) is 0. The van der Waals surface area contributed by atoms with Crippen LogP contribution in [-0.4, -0.2) is 0 Å². The van der Waals surface area contributed by atoms with Crippen molar-refractivity contribution in [2.45, 2.75) is 53.9 Å². The first-order valence-corrected chi connectivity index (χ1v) is 6.00. The summed E-state index contributed by atoms with van der Waals surface area (Å²) in [4.78, 5) is 0. The largest absolute Gasteiger partial charge is 0.0988 e. The summed E-state index contributed by atoms with van der Waals surface area (Å²) in [7, 11) is 0. The van der Waals surface area contributed by atoms with Gasteiger partial charge in [-0.2, -0.15) is 0 Å². The normalized spacial score (nSPS) is 22.2. The Morgan fingerprint density at radius 2 is 1.56 bits per heavy atom. The fourth-order valence-corrected chi connectivity index (χ4v) is 1.66. The van der Waals surface area contributed by atoms with Crippen molar-refractivity contribution in [2.24, 2.45) is 0 Å². The zero-order valence-electron chi connectivity index (χ0n) is 10.4. The SMILES string of the molecule is C.C=C/C1=C(\C=C/C)CC/C=C\CC1.CC. The van der Waals surface area contributed by atoms with Gasteiger partial charge in [-0.25, -0.2) is 0 Å². The van der Waals surface area contributed by atoms with Gasteiger partial charge in [0.05, 0.1) is 0 Å². The van der Waals surface area contributed by atoms with Crippen LogP contribution in [0.4, 0.5) is 0 Å². The molecule has 0 bridgehead atoms. The van der Waals surface area contributed by atoms with Gasteiger partial charge in [-0.1, -0.05) is 58.2 Å². The molecule has 0 radical (unpaired) electrons. The third-order valence-electron chi connectivity index (χ3n) is 2.35. The van der Waals surface area contributed by atoms with Crippen LogP contribution < -0.4 is 0 Å². The van der Waals surface area contributed by atoms with Crippen molar-refractivity contribution in [2.75, 3.05) is 0 Å². The Morgan fingerprint density at radius 1 is 1.06 bits per heavy atom. The molecule has 1 rings (SSSR count). The van der Waals surface area contributed by atoms with E-state index in [1.54, 1.807) is 0 Å². The lowest BCUT2D eigenvalue weighted by atomic mass is 9.96. The van der Waals surface area contributed by atoms with Crippen molar-refractivity contribution in [3.63, 3.8) is 0 Å². The minimum Gasteiger partial charge on any atom is -0.0988 e. The van der Waals surface area contributed by atoms with Crippen molar-refractivity contribution in [1.82, 2.24) is 0 Å². The topological polar surface area (TPSA) is 0 Å². The lowest BCUT2D eigenvalue weighted by Gasteiger charge is -2.09. The van der Waals surface area contributed by atoms with E-state index in [1.165, 1.54) is 11.1 Å². The zero-order chi connectivity index (χ0) is 11.5. The second-order valence-corrected chi connectivity index (χ2v) is 3.30. The predicted molar refractivity (Wildman–Crippen MR) is 77.7 cm³/mol. The molecular weight excluding hydrogens is 192 g/mol. The molecule has 1 aliphatic rings. The molecular formula is C16H28. The number of hydrogen-bond acceptors (Lipinski definition) is 0. The summed E-state index contributed by atoms with van der Waals surface area (Å²) in [6.07, 6.45) is 15.5. The number of rotatable bonds is 2. The average molecular weight is 220 g/mol. The lowest BCUT2D eigenvalue weighted by Crippen LogP contribution is -1.90. The summed E-state index contributed by atoms with van der Waals surface area (Å²) < 4.78 is 0. The first kappa shape index (κ1) is 17.4. The van der Waals surface area contributed by atoms with Crippen LogP contribution in [-0.2, 0) is 0 Å². The summed E-state index contributed by atoms with van der Waals surface area (Å²) in [6.45, 7) is 9.95. The van der Waals surface area contributed by atoms with Gasteiger partial charge in [0.1, 0.15) is 0 Å². The summed E-state index contributed by atoms with van der Waals surface area (Å²) in [5, 5.41) is 0. The molecule has 0 heterocycles. The Hall–Kier alpha value is -1.04. The van der Waals surface area contributed by atoms with Gasteiger partial charge in [-0.05, 0) is 43.8 Å². The molecule has 0 spiro atoms. The molecule has 92 valence electrons. The fraction of sp³-hybridized carbons (Fsp3) is 0.500. The maximum Gasteiger partial charge on any atom is -0.0242 e. The van der Waals surface area contributed by atoms with E-state index in [4.69, 9.17) is 0 Å². The maximum absolute atomic E-state index is 3.87. The highest BCUT2D eigenvalue weighted by molar-refractivity contribution is 5.33. The highest BCUT2D eigenvalue weighted by atomic mass is 14.1. The summed E-state index contributed by atoms with van der Waals surface area (Å²) >= 11 is 0. The average Bonchev–Trinajstić information content (AvgIpc) is 2.26. The van der Waals surface area contributed by atoms with Crippen LogP contribution in [0.3, 0.4) is 0 Å². The summed E-state index contributed by atoms with van der Waals surface area (Å²) in [5.41, 5.74) is 2.88. The molecule has 0 amide bonds. The van der Waals surface area contributed by atoms with Gasteiger partial charge in [-0.3, -0.25) is 0 Å². The first-order chi connectivity index (χ1) is 7.38. The molecule has 0 nitrogen and oxygen atoms in total. The predicted octanol–water partition coefficient (Wildman–Crippen LogP) is 5.84. The number of hydrogen-bond donors (Lipinski definition) is 0. The van der Waals surface area contributed by atoms with Crippen molar-refractivity contribution >= 4 is 0 Å². The van der Waals surface area contributed by atoms with Gasteiger partial charge in [0.25, 0.3) is 0 Å². The Labute approximate surface area is 102 Å². The van der Waals surface area contributed by atoms with Gasteiger partial charge in [-0.15, -0.1) is 0 Å². The Morgan fingerprint density at radius 3 is 2.00 bits per heavy atom. The van der Waals surface area contributed by atoms with Crippen LogP contribution in [0.25, 0.3) is 0 Å². The molecule has 0 atom stereocenters. The monoisotopic (exact) mass is 220 g/mol. The molecule has 0 N–H and O–H groups in total. The molecule has 0 aromatic heterocycles. The Balaban J connectivity index is 0. The Kier molecular flexibility index (Phi) is 13.1. The molecule has 0 saturated heterocycles. The van der Waals surface area contributed by atoms with E-state index in [-0.39, 0.29) is 7.43 Å². The number of allylic oxidation sites excluding steroid dienone is 7. The minimum absolute atomic E-state index is 0. The molecule has 1 aliphatic carbocycles. The maximum atomic E-state index is 3.87. The molecule has 0 fully saturated rings. The molecule has 0 aromatic rings. The van der Waals surface area contributed by atoms with Crippen LogP contribution >= 0.6 is 0 Å². The van der Waals surface area contributed by atoms with Crippen LogP contribution in [0.2, 0.25) is 0 Å². The van der Waals surface area contributed by atoms with Crippen LogP contribution in [0, 0.1) is 0 Å². The second kappa shape index (κ2) is 12.0. The molecule has 16 heavy (non-hydrogen) atoms. The summed E-state index contributed by atoms with van der Waals surface area (Å²) in [6, 6.07) is 0. The van der Waals surface area contributed by atoms with Gasteiger partial charge < -0.3 is 0 Å².